The zero-order valence-electron chi connectivity index (χ0n) is 23.7. The van der Waals surface area contributed by atoms with Crippen molar-refractivity contribution in [2.45, 2.75) is 19.9 Å². The lowest BCUT2D eigenvalue weighted by molar-refractivity contribution is -0.123. The van der Waals surface area contributed by atoms with Crippen LogP contribution in [0.2, 0.25) is 0 Å². The van der Waals surface area contributed by atoms with Crippen molar-refractivity contribution >= 4 is 57.4 Å². The van der Waals surface area contributed by atoms with Gasteiger partial charge in [-0.15, -0.1) is 0 Å². The Morgan fingerprint density at radius 1 is 0.952 bits per heavy atom. The number of amides is 1. The standard InChI is InChI=1S/C32H31N5O3S2/c1-21-9-14-28-33-29(35-17-15-34(16-18-35)24-10-12-25(40-3)13-11-24)26(30(38)36(28)20-21)19-27-31(39)37(32(41)42-27)22(2)23-7-5-4-6-8-23/h4-14,19-20,22H,15-18H2,1-3H3. The van der Waals surface area contributed by atoms with E-state index in [0.717, 1.165) is 35.7 Å². The minimum absolute atomic E-state index is 0.203. The number of anilines is 2. The summed E-state index contributed by atoms with van der Waals surface area (Å²) in [6, 6.07) is 21.4. The summed E-state index contributed by atoms with van der Waals surface area (Å²) in [5.41, 5.74) is 3.81. The quantitative estimate of drug-likeness (QED) is 0.219. The van der Waals surface area contributed by atoms with Gasteiger partial charge in [0.25, 0.3) is 11.5 Å². The highest BCUT2D eigenvalue weighted by atomic mass is 32.2. The van der Waals surface area contributed by atoms with Crippen LogP contribution in [0.25, 0.3) is 11.7 Å². The van der Waals surface area contributed by atoms with E-state index in [9.17, 15) is 9.59 Å². The summed E-state index contributed by atoms with van der Waals surface area (Å²) in [5.74, 6) is 1.20. The summed E-state index contributed by atoms with van der Waals surface area (Å²) in [5, 5.41) is 0. The molecule has 4 aromatic rings. The first kappa shape index (κ1) is 28.0. The molecule has 0 N–H and O–H groups in total. The van der Waals surface area contributed by atoms with Crippen molar-refractivity contribution in [3.05, 3.63) is 105 Å². The number of rotatable bonds is 6. The number of carbonyl (C=O) groups excluding carboxylic acids is 1. The van der Waals surface area contributed by atoms with E-state index in [1.807, 2.05) is 68.4 Å². The maximum absolute atomic E-state index is 14.0. The van der Waals surface area contributed by atoms with Gasteiger partial charge in [-0.25, -0.2) is 4.98 Å². The fourth-order valence-corrected chi connectivity index (χ4v) is 6.81. The van der Waals surface area contributed by atoms with Crippen molar-refractivity contribution in [3.63, 3.8) is 0 Å². The van der Waals surface area contributed by atoms with Crippen molar-refractivity contribution in [2.75, 3.05) is 43.1 Å². The van der Waals surface area contributed by atoms with E-state index in [0.29, 0.717) is 39.3 Å². The predicted molar refractivity (Wildman–Crippen MR) is 173 cm³/mol. The van der Waals surface area contributed by atoms with E-state index >= 15 is 0 Å². The van der Waals surface area contributed by atoms with Gasteiger partial charge in [0.05, 0.1) is 23.6 Å². The van der Waals surface area contributed by atoms with Crippen molar-refractivity contribution in [2.24, 2.45) is 0 Å². The average Bonchev–Trinajstić information content (AvgIpc) is 3.30. The van der Waals surface area contributed by atoms with Gasteiger partial charge < -0.3 is 14.5 Å². The first-order valence-corrected chi connectivity index (χ1v) is 15.1. The third-order valence-corrected chi connectivity index (χ3v) is 9.10. The van der Waals surface area contributed by atoms with Gasteiger partial charge in [0.1, 0.15) is 21.5 Å². The van der Waals surface area contributed by atoms with Crippen molar-refractivity contribution in [1.29, 1.82) is 0 Å². The van der Waals surface area contributed by atoms with Gasteiger partial charge in [0.15, 0.2) is 0 Å². The van der Waals surface area contributed by atoms with E-state index in [1.165, 1.54) is 11.8 Å². The summed E-state index contributed by atoms with van der Waals surface area (Å²) in [7, 11) is 1.66. The minimum atomic E-state index is -0.228. The number of carbonyl (C=O) groups is 1. The van der Waals surface area contributed by atoms with Crippen LogP contribution in [0.4, 0.5) is 11.5 Å². The first-order chi connectivity index (χ1) is 20.3. The zero-order chi connectivity index (χ0) is 29.4. The van der Waals surface area contributed by atoms with Crippen LogP contribution in [-0.2, 0) is 4.79 Å². The van der Waals surface area contributed by atoms with Crippen LogP contribution in [0.3, 0.4) is 0 Å². The molecule has 10 heteroatoms. The number of fused-ring (bicyclic) bond motifs is 1. The maximum Gasteiger partial charge on any atom is 0.267 e. The lowest BCUT2D eigenvalue weighted by atomic mass is 10.1. The molecule has 8 nitrogen and oxygen atoms in total. The van der Waals surface area contributed by atoms with E-state index in [2.05, 4.69) is 21.9 Å². The predicted octanol–water partition coefficient (Wildman–Crippen LogP) is 5.30. The number of aromatic nitrogens is 2. The molecule has 2 aromatic heterocycles. The lowest BCUT2D eigenvalue weighted by Gasteiger charge is -2.37. The molecule has 1 unspecified atom stereocenters. The molecule has 6 rings (SSSR count). The Labute approximate surface area is 254 Å². The Morgan fingerprint density at radius 3 is 2.33 bits per heavy atom. The SMILES string of the molecule is COc1ccc(N2CCN(c3nc4ccc(C)cn4c(=O)c3C=C3SC(=S)N(C(C)c4ccccc4)C3=O)CC2)cc1. The molecule has 0 spiro atoms. The molecular weight excluding hydrogens is 567 g/mol. The van der Waals surface area contributed by atoms with Gasteiger partial charge in [-0.2, -0.15) is 0 Å². The monoisotopic (exact) mass is 597 g/mol. The molecule has 1 amide bonds. The Balaban J connectivity index is 1.34. The number of hydrogen-bond acceptors (Lipinski definition) is 8. The highest BCUT2D eigenvalue weighted by molar-refractivity contribution is 8.26. The average molecular weight is 598 g/mol. The molecule has 2 aromatic carbocycles. The van der Waals surface area contributed by atoms with E-state index < -0.39 is 0 Å². The highest BCUT2D eigenvalue weighted by Gasteiger charge is 2.36. The fourth-order valence-electron chi connectivity index (χ4n) is 5.41. The smallest absolute Gasteiger partial charge is 0.267 e. The number of piperazine rings is 1. The third-order valence-electron chi connectivity index (χ3n) is 7.77. The normalized spacial score (nSPS) is 17.4. The lowest BCUT2D eigenvalue weighted by Crippen LogP contribution is -2.47. The number of benzene rings is 2. The molecule has 2 aliphatic rings. The molecule has 4 heterocycles. The van der Waals surface area contributed by atoms with Crippen molar-refractivity contribution < 1.29 is 9.53 Å². The Hall–Kier alpha value is -4.15. The zero-order valence-corrected chi connectivity index (χ0v) is 25.3. The second-order valence-electron chi connectivity index (χ2n) is 10.4. The van der Waals surface area contributed by atoms with Gasteiger partial charge in [0.2, 0.25) is 0 Å². The highest BCUT2D eigenvalue weighted by Crippen LogP contribution is 2.38. The van der Waals surface area contributed by atoms with E-state index in [-0.39, 0.29) is 17.5 Å². The van der Waals surface area contributed by atoms with Crippen molar-refractivity contribution in [3.8, 4) is 5.75 Å². The van der Waals surface area contributed by atoms with Gasteiger partial charge in [-0.05, 0) is 61.4 Å². The summed E-state index contributed by atoms with van der Waals surface area (Å²) in [6.45, 7) is 6.77. The molecule has 42 heavy (non-hydrogen) atoms. The van der Waals surface area contributed by atoms with Crippen molar-refractivity contribution in [1.82, 2.24) is 14.3 Å². The Kier molecular flexibility index (Phi) is 7.74. The molecular formula is C32H31N5O3S2. The minimum Gasteiger partial charge on any atom is -0.497 e. The third kappa shape index (κ3) is 5.28. The van der Waals surface area contributed by atoms with Crippen LogP contribution in [-0.4, -0.2) is 57.8 Å². The number of nitrogens with zero attached hydrogens (tertiary/aromatic N) is 5. The first-order valence-electron chi connectivity index (χ1n) is 13.8. The number of ether oxygens (including phenoxy) is 1. The summed E-state index contributed by atoms with van der Waals surface area (Å²) in [6.07, 6.45) is 3.47. The van der Waals surface area contributed by atoms with Crippen LogP contribution in [0.5, 0.6) is 5.75 Å². The van der Waals surface area contributed by atoms with Crippen LogP contribution >= 0.6 is 24.0 Å². The van der Waals surface area contributed by atoms with E-state index in [1.54, 1.807) is 28.7 Å². The molecule has 214 valence electrons. The van der Waals surface area contributed by atoms with E-state index in [4.69, 9.17) is 21.9 Å². The van der Waals surface area contributed by atoms with Gasteiger partial charge >= 0.3 is 0 Å². The van der Waals surface area contributed by atoms with Crippen LogP contribution in [0, 0.1) is 6.92 Å². The molecule has 2 fully saturated rings. The Bertz CT molecular complexity index is 1750. The summed E-state index contributed by atoms with van der Waals surface area (Å²) >= 11 is 6.88. The summed E-state index contributed by atoms with van der Waals surface area (Å²) < 4.78 is 7.34. The number of thioether (sulfide) groups is 1. The fraction of sp³-hybridized carbons (Fsp3) is 0.250. The largest absolute Gasteiger partial charge is 0.497 e. The second kappa shape index (κ2) is 11.6. The molecule has 0 saturated carbocycles. The number of hydrogen-bond donors (Lipinski definition) is 0. The van der Waals surface area contributed by atoms with Gasteiger partial charge in [0, 0.05) is 38.1 Å². The summed E-state index contributed by atoms with van der Waals surface area (Å²) in [4.78, 5) is 39.1. The molecule has 2 aliphatic heterocycles. The number of aryl methyl sites for hydroxylation is 1. The Morgan fingerprint density at radius 2 is 1.64 bits per heavy atom. The molecule has 0 aliphatic carbocycles. The molecule has 0 bridgehead atoms. The number of methoxy groups -OCH3 is 1. The second-order valence-corrected chi connectivity index (χ2v) is 12.1. The van der Waals surface area contributed by atoms with Gasteiger partial charge in [-0.1, -0.05) is 60.4 Å². The molecule has 0 radical (unpaired) electrons. The van der Waals surface area contributed by atoms with Crippen LogP contribution in [0.1, 0.15) is 29.7 Å². The van der Waals surface area contributed by atoms with Crippen LogP contribution in [0.15, 0.2) is 82.6 Å². The maximum atomic E-state index is 14.0. The number of thiocarbonyl (C=S) groups is 1. The molecule has 2 saturated heterocycles. The van der Waals surface area contributed by atoms with Gasteiger partial charge in [-0.3, -0.25) is 18.9 Å². The number of pyridine rings is 1. The molecule has 1 atom stereocenters. The van der Waals surface area contributed by atoms with Crippen LogP contribution < -0.4 is 20.1 Å². The topological polar surface area (TPSA) is 70.4 Å².